The van der Waals surface area contributed by atoms with E-state index in [1.807, 2.05) is 30.3 Å². The quantitative estimate of drug-likeness (QED) is 0.801. The van der Waals surface area contributed by atoms with Crippen molar-refractivity contribution in [3.05, 3.63) is 42.2 Å². The van der Waals surface area contributed by atoms with Gasteiger partial charge in [0.05, 0.1) is 18.0 Å². The van der Waals surface area contributed by atoms with Gasteiger partial charge >= 0.3 is 0 Å². The molecule has 4 heteroatoms. The first-order valence-corrected chi connectivity index (χ1v) is 7.90. The van der Waals surface area contributed by atoms with Gasteiger partial charge < -0.3 is 5.11 Å². The van der Waals surface area contributed by atoms with Crippen molar-refractivity contribution in [3.63, 3.8) is 0 Å². The van der Waals surface area contributed by atoms with Crippen molar-refractivity contribution in [3.8, 4) is 5.69 Å². The van der Waals surface area contributed by atoms with Crippen LogP contribution in [0.5, 0.6) is 0 Å². The fourth-order valence-corrected chi connectivity index (χ4v) is 2.53. The van der Waals surface area contributed by atoms with Gasteiger partial charge in [-0.25, -0.2) is 0 Å². The van der Waals surface area contributed by atoms with Gasteiger partial charge in [-0.15, -0.1) is 0 Å². The van der Waals surface area contributed by atoms with Crippen LogP contribution in [-0.4, -0.2) is 20.1 Å². The van der Waals surface area contributed by atoms with Crippen LogP contribution in [0.25, 0.3) is 5.69 Å². The van der Waals surface area contributed by atoms with Crippen LogP contribution >= 0.6 is 0 Å². The molecule has 1 aromatic heterocycles. The molecule has 4 nitrogen and oxygen atoms in total. The average Bonchev–Trinajstić information content (AvgIpc) is 3.02. The lowest BCUT2D eigenvalue weighted by molar-refractivity contribution is 0.134. The van der Waals surface area contributed by atoms with Gasteiger partial charge in [0.15, 0.2) is 0 Å². The molecule has 2 rings (SSSR count). The zero-order valence-electron chi connectivity index (χ0n) is 12.9. The Hall–Kier alpha value is -1.68. The smallest absolute Gasteiger partial charge is 0.112 e. The summed E-state index contributed by atoms with van der Waals surface area (Å²) in [5, 5.41) is 19.0. The van der Waals surface area contributed by atoms with E-state index >= 15 is 0 Å². The number of aliphatic hydroxyl groups excluding tert-OH is 1. The lowest BCUT2D eigenvalue weighted by Gasteiger charge is -2.17. The maximum Gasteiger partial charge on any atom is 0.112 e. The Balaban J connectivity index is 2.00. The maximum absolute atomic E-state index is 10.4. The molecule has 21 heavy (non-hydrogen) atoms. The van der Waals surface area contributed by atoms with Crippen molar-refractivity contribution in [1.29, 1.82) is 0 Å². The molecule has 0 amide bonds. The Kier molecular flexibility index (Phi) is 5.93. The standard InChI is InChI=1S/C17H25N3O/c1-3-5-9-14(4-2)12-17(21)16-13-18-20(19-16)15-10-7-6-8-11-15/h6-8,10-11,13-14,17,21H,3-5,9,12H2,1-2H3. The van der Waals surface area contributed by atoms with Crippen LogP contribution in [0, 0.1) is 5.92 Å². The van der Waals surface area contributed by atoms with Crippen LogP contribution in [0.1, 0.15) is 57.7 Å². The van der Waals surface area contributed by atoms with Gasteiger partial charge in [0.25, 0.3) is 0 Å². The summed E-state index contributed by atoms with van der Waals surface area (Å²) in [4.78, 5) is 1.57. The van der Waals surface area contributed by atoms with Crippen molar-refractivity contribution in [2.24, 2.45) is 5.92 Å². The zero-order chi connectivity index (χ0) is 15.1. The van der Waals surface area contributed by atoms with Crippen LogP contribution in [0.2, 0.25) is 0 Å². The van der Waals surface area contributed by atoms with Crippen molar-refractivity contribution >= 4 is 0 Å². The Labute approximate surface area is 126 Å². The van der Waals surface area contributed by atoms with E-state index in [9.17, 15) is 5.11 Å². The highest BCUT2D eigenvalue weighted by molar-refractivity contribution is 5.28. The molecule has 0 bridgehead atoms. The van der Waals surface area contributed by atoms with Gasteiger partial charge in [-0.05, 0) is 24.5 Å². The minimum absolute atomic E-state index is 0.524. The molecule has 114 valence electrons. The first-order valence-electron chi connectivity index (χ1n) is 7.90. The second kappa shape index (κ2) is 7.93. The summed E-state index contributed by atoms with van der Waals surface area (Å²) in [5.74, 6) is 0.557. The van der Waals surface area contributed by atoms with E-state index in [1.54, 1.807) is 11.0 Å². The fraction of sp³-hybridized carbons (Fsp3) is 0.529. The van der Waals surface area contributed by atoms with E-state index in [1.165, 1.54) is 19.3 Å². The Morgan fingerprint density at radius 2 is 1.95 bits per heavy atom. The summed E-state index contributed by atoms with van der Waals surface area (Å²) in [7, 11) is 0. The molecule has 0 spiro atoms. The third-order valence-electron chi connectivity index (χ3n) is 3.94. The first-order chi connectivity index (χ1) is 10.2. The Morgan fingerprint density at radius 1 is 1.19 bits per heavy atom. The van der Waals surface area contributed by atoms with Crippen LogP contribution in [0.15, 0.2) is 36.5 Å². The van der Waals surface area contributed by atoms with Gasteiger partial charge in [0.1, 0.15) is 5.69 Å². The topological polar surface area (TPSA) is 50.9 Å². The van der Waals surface area contributed by atoms with E-state index in [-0.39, 0.29) is 0 Å². The number of nitrogens with zero attached hydrogens (tertiary/aromatic N) is 3. The molecule has 1 aromatic carbocycles. The molecule has 2 unspecified atom stereocenters. The highest BCUT2D eigenvalue weighted by atomic mass is 16.3. The van der Waals surface area contributed by atoms with Gasteiger partial charge in [0, 0.05) is 0 Å². The maximum atomic E-state index is 10.4. The van der Waals surface area contributed by atoms with Crippen molar-refractivity contribution in [2.75, 3.05) is 0 Å². The number of unbranched alkanes of at least 4 members (excludes halogenated alkanes) is 1. The monoisotopic (exact) mass is 287 g/mol. The molecular formula is C17H25N3O. The predicted octanol–water partition coefficient (Wildman–Crippen LogP) is 3.91. The van der Waals surface area contributed by atoms with E-state index in [4.69, 9.17) is 0 Å². The number of benzene rings is 1. The summed E-state index contributed by atoms with van der Waals surface area (Å²) < 4.78 is 0. The first kappa shape index (κ1) is 15.7. The Bertz CT molecular complexity index is 524. The third-order valence-corrected chi connectivity index (χ3v) is 3.94. The van der Waals surface area contributed by atoms with E-state index in [0.717, 1.165) is 18.5 Å². The zero-order valence-corrected chi connectivity index (χ0v) is 12.9. The summed E-state index contributed by atoms with van der Waals surface area (Å²) in [5.41, 5.74) is 1.57. The van der Waals surface area contributed by atoms with Crippen molar-refractivity contribution in [2.45, 2.75) is 52.1 Å². The predicted molar refractivity (Wildman–Crippen MR) is 84.2 cm³/mol. The molecule has 2 aromatic rings. The number of aliphatic hydroxyl groups is 1. The van der Waals surface area contributed by atoms with Gasteiger partial charge in [-0.1, -0.05) is 57.7 Å². The minimum Gasteiger partial charge on any atom is -0.387 e. The number of rotatable bonds is 8. The minimum atomic E-state index is -0.524. The summed E-state index contributed by atoms with van der Waals surface area (Å²) in [6, 6.07) is 9.76. The lowest BCUT2D eigenvalue weighted by atomic mass is 9.92. The number of aromatic nitrogens is 3. The lowest BCUT2D eigenvalue weighted by Crippen LogP contribution is -2.08. The summed E-state index contributed by atoms with van der Waals surface area (Å²) >= 11 is 0. The molecule has 1 heterocycles. The number of para-hydroxylation sites is 1. The van der Waals surface area contributed by atoms with E-state index < -0.39 is 6.10 Å². The van der Waals surface area contributed by atoms with Crippen LogP contribution in [0.3, 0.4) is 0 Å². The molecule has 0 aliphatic carbocycles. The average molecular weight is 287 g/mol. The fourth-order valence-electron chi connectivity index (χ4n) is 2.53. The summed E-state index contributed by atoms with van der Waals surface area (Å²) in [6.45, 7) is 4.39. The molecule has 1 N–H and O–H groups in total. The molecule has 0 saturated carbocycles. The molecule has 0 aliphatic rings. The van der Waals surface area contributed by atoms with E-state index in [0.29, 0.717) is 11.6 Å². The van der Waals surface area contributed by atoms with Gasteiger partial charge in [-0.2, -0.15) is 15.0 Å². The molecule has 0 fully saturated rings. The normalized spacial score (nSPS) is 14.0. The molecular weight excluding hydrogens is 262 g/mol. The Morgan fingerprint density at radius 3 is 2.62 bits per heavy atom. The summed E-state index contributed by atoms with van der Waals surface area (Å²) in [6.07, 6.45) is 6.62. The largest absolute Gasteiger partial charge is 0.387 e. The van der Waals surface area contributed by atoms with Crippen molar-refractivity contribution < 1.29 is 5.11 Å². The highest BCUT2D eigenvalue weighted by Gasteiger charge is 2.17. The number of hydrogen-bond donors (Lipinski definition) is 1. The second-order valence-corrected chi connectivity index (χ2v) is 5.56. The van der Waals surface area contributed by atoms with E-state index in [2.05, 4.69) is 24.0 Å². The molecule has 0 saturated heterocycles. The van der Waals surface area contributed by atoms with Crippen LogP contribution < -0.4 is 0 Å². The molecule has 0 aliphatic heterocycles. The number of hydrogen-bond acceptors (Lipinski definition) is 3. The SMILES string of the molecule is CCCCC(CC)CC(O)c1cnn(-c2ccccc2)n1. The highest BCUT2D eigenvalue weighted by Crippen LogP contribution is 2.25. The van der Waals surface area contributed by atoms with Crippen LogP contribution in [0.4, 0.5) is 0 Å². The molecule has 0 radical (unpaired) electrons. The van der Waals surface area contributed by atoms with Gasteiger partial charge in [-0.3, -0.25) is 0 Å². The second-order valence-electron chi connectivity index (χ2n) is 5.56. The third kappa shape index (κ3) is 4.39. The van der Waals surface area contributed by atoms with Crippen molar-refractivity contribution in [1.82, 2.24) is 15.0 Å². The van der Waals surface area contributed by atoms with Crippen LogP contribution in [-0.2, 0) is 0 Å². The molecule has 2 atom stereocenters. The van der Waals surface area contributed by atoms with Gasteiger partial charge in [0.2, 0.25) is 0 Å².